The SMILES string of the molecule is COCCOCCOCCOCCOCCOCCOCC(=O)Oc1cc(C(C)(C)CCCCCCO[N+](=O)[O-])cc(O)c1[C@H]1CC(=O)[C@H]2C[C@H]1C2(C)C. The Labute approximate surface area is 319 Å². The molecule has 0 amide bonds. The van der Waals surface area contributed by atoms with Crippen molar-refractivity contribution in [3.63, 3.8) is 0 Å². The Morgan fingerprint density at radius 1 is 0.833 bits per heavy atom. The molecule has 3 saturated carbocycles. The van der Waals surface area contributed by atoms with Crippen LogP contribution in [0.5, 0.6) is 11.5 Å². The van der Waals surface area contributed by atoms with Crippen molar-refractivity contribution in [1.82, 2.24) is 0 Å². The van der Waals surface area contributed by atoms with Gasteiger partial charge in [-0.25, -0.2) is 4.79 Å². The molecule has 1 N–H and O–H groups in total. The molecule has 3 atom stereocenters. The lowest BCUT2D eigenvalue weighted by Crippen LogP contribution is -2.56. The summed E-state index contributed by atoms with van der Waals surface area (Å²) in [5, 5.41) is 21.1. The number of phenols is 1. The number of carbonyl (C=O) groups is 2. The first-order valence-corrected chi connectivity index (χ1v) is 19.2. The van der Waals surface area contributed by atoms with Crippen LogP contribution in [0.3, 0.4) is 0 Å². The molecule has 1 aromatic carbocycles. The van der Waals surface area contributed by atoms with Gasteiger partial charge in [-0.3, -0.25) is 4.79 Å². The second kappa shape index (κ2) is 23.9. The van der Waals surface area contributed by atoms with Crippen LogP contribution in [0.4, 0.5) is 0 Å². The zero-order valence-corrected chi connectivity index (χ0v) is 32.9. The lowest BCUT2D eigenvalue weighted by molar-refractivity contribution is -0.757. The van der Waals surface area contributed by atoms with Gasteiger partial charge in [-0.1, -0.05) is 47.0 Å². The van der Waals surface area contributed by atoms with E-state index in [1.165, 1.54) is 0 Å². The van der Waals surface area contributed by atoms with Crippen LogP contribution >= 0.6 is 0 Å². The van der Waals surface area contributed by atoms with Crippen LogP contribution in [-0.2, 0) is 53.0 Å². The van der Waals surface area contributed by atoms with Crippen molar-refractivity contribution in [2.45, 2.75) is 84.0 Å². The number of benzene rings is 1. The standard InChI is InChI=1S/C39H63NO14/c1-38(2,10-8-6-7-9-11-53-40(44)45)29-24-34(42)37(30-26-33(41)32-27-31(30)39(32,3)4)35(25-29)54-36(43)28-52-23-22-51-21-20-50-19-18-49-17-16-48-15-14-47-13-12-46-5/h24-25,30-32,42H,6-23,26-28H2,1-5H3/t30-,31+,32+/m0/s1. The molecule has 0 spiro atoms. The van der Waals surface area contributed by atoms with Gasteiger partial charge in [-0.15, -0.1) is 10.1 Å². The predicted octanol–water partition coefficient (Wildman–Crippen LogP) is 5.20. The van der Waals surface area contributed by atoms with Gasteiger partial charge in [0.25, 0.3) is 5.09 Å². The largest absolute Gasteiger partial charge is 0.508 e. The topological polar surface area (TPSA) is 181 Å². The predicted molar refractivity (Wildman–Crippen MR) is 197 cm³/mol. The summed E-state index contributed by atoms with van der Waals surface area (Å²) in [4.78, 5) is 40.9. The number of hydrogen-bond donors (Lipinski definition) is 1. The van der Waals surface area contributed by atoms with Crippen LogP contribution in [0.15, 0.2) is 12.1 Å². The summed E-state index contributed by atoms with van der Waals surface area (Å²) in [5.74, 6) is -0.225. The first-order valence-electron chi connectivity index (χ1n) is 19.2. The summed E-state index contributed by atoms with van der Waals surface area (Å²) in [5.41, 5.74) is 0.731. The summed E-state index contributed by atoms with van der Waals surface area (Å²) in [7, 11) is 1.63. The van der Waals surface area contributed by atoms with Crippen LogP contribution in [0.25, 0.3) is 0 Å². The molecule has 15 nitrogen and oxygen atoms in total. The second-order valence-corrected chi connectivity index (χ2v) is 15.1. The van der Waals surface area contributed by atoms with Crippen LogP contribution in [0, 0.1) is 27.4 Å². The Kier molecular flexibility index (Phi) is 20.1. The van der Waals surface area contributed by atoms with E-state index in [1.807, 2.05) is 6.07 Å². The van der Waals surface area contributed by atoms with E-state index in [-0.39, 0.29) is 72.3 Å². The minimum atomic E-state index is -0.777. The number of Topliss-reactive ketones (excluding diaryl/α,β-unsaturated/α-hetero) is 1. The quantitative estimate of drug-likeness (QED) is 0.0342. The fourth-order valence-electron chi connectivity index (χ4n) is 7.31. The molecule has 0 unspecified atom stereocenters. The average molecular weight is 770 g/mol. The van der Waals surface area contributed by atoms with Crippen molar-refractivity contribution in [1.29, 1.82) is 0 Å². The van der Waals surface area contributed by atoms with E-state index < -0.39 is 11.1 Å². The van der Waals surface area contributed by atoms with Crippen LogP contribution in [0.1, 0.15) is 89.7 Å². The maximum absolute atomic E-state index is 13.1. The summed E-state index contributed by atoms with van der Waals surface area (Å²) >= 11 is 0. The summed E-state index contributed by atoms with van der Waals surface area (Å²) in [6.07, 6.45) is 4.95. The molecule has 2 bridgehead atoms. The van der Waals surface area contributed by atoms with Gasteiger partial charge in [0.2, 0.25) is 0 Å². The van der Waals surface area contributed by atoms with Crippen molar-refractivity contribution in [3.05, 3.63) is 33.4 Å². The molecule has 3 aliphatic rings. The van der Waals surface area contributed by atoms with E-state index in [0.29, 0.717) is 84.5 Å². The Balaban J connectivity index is 1.42. The van der Waals surface area contributed by atoms with Gasteiger partial charge >= 0.3 is 5.97 Å². The maximum Gasteiger partial charge on any atom is 0.337 e. The minimum absolute atomic E-state index is 0.0195. The molecule has 1 aromatic rings. The van der Waals surface area contributed by atoms with Crippen molar-refractivity contribution in [2.24, 2.45) is 17.3 Å². The number of phenolic OH excluding ortho intramolecular Hbond substituents is 1. The minimum Gasteiger partial charge on any atom is -0.508 e. The number of hydrogen-bond acceptors (Lipinski definition) is 14. The van der Waals surface area contributed by atoms with Crippen LogP contribution < -0.4 is 4.74 Å². The number of carbonyl (C=O) groups excluding carboxylic acids is 2. The highest BCUT2D eigenvalue weighted by molar-refractivity contribution is 5.86. The van der Waals surface area contributed by atoms with E-state index in [1.54, 1.807) is 13.2 Å². The lowest BCUT2D eigenvalue weighted by Gasteiger charge is -2.59. The molecule has 0 aromatic heterocycles. The third kappa shape index (κ3) is 15.0. The average Bonchev–Trinajstić information content (AvgIpc) is 3.11. The zero-order chi connectivity index (χ0) is 39.4. The van der Waals surface area contributed by atoms with Crippen LogP contribution in [-0.4, -0.2) is 122 Å². The molecule has 0 heterocycles. The molecular formula is C39H63NO14. The van der Waals surface area contributed by atoms with E-state index >= 15 is 0 Å². The molecule has 4 rings (SSSR count). The van der Waals surface area contributed by atoms with E-state index in [0.717, 1.165) is 37.7 Å². The molecule has 0 saturated heterocycles. The fraction of sp³-hybridized carbons (Fsp3) is 0.795. The van der Waals surface area contributed by atoms with E-state index in [4.69, 9.17) is 37.9 Å². The molecule has 0 aliphatic heterocycles. The highest BCUT2D eigenvalue weighted by atomic mass is 16.9. The Morgan fingerprint density at radius 3 is 1.89 bits per heavy atom. The molecule has 308 valence electrons. The summed E-state index contributed by atoms with van der Waals surface area (Å²) < 4.78 is 43.6. The Bertz CT molecular complexity index is 1290. The van der Waals surface area contributed by atoms with Crippen molar-refractivity contribution < 1.29 is 62.5 Å². The van der Waals surface area contributed by atoms with Gasteiger partial charge in [0, 0.05) is 30.9 Å². The molecule has 15 heteroatoms. The third-order valence-electron chi connectivity index (χ3n) is 10.5. The monoisotopic (exact) mass is 769 g/mol. The highest BCUT2D eigenvalue weighted by Crippen LogP contribution is 2.64. The van der Waals surface area contributed by atoms with Crippen LogP contribution in [0.2, 0.25) is 0 Å². The molecule has 54 heavy (non-hydrogen) atoms. The van der Waals surface area contributed by atoms with Gasteiger partial charge in [0.05, 0.1) is 85.9 Å². The van der Waals surface area contributed by atoms with Gasteiger partial charge in [0.1, 0.15) is 23.9 Å². The van der Waals surface area contributed by atoms with Crippen molar-refractivity contribution in [3.8, 4) is 11.5 Å². The normalized spacial score (nSPS) is 19.1. The number of esters is 1. The first kappa shape index (κ1) is 45.5. The Morgan fingerprint density at radius 2 is 1.37 bits per heavy atom. The van der Waals surface area contributed by atoms with Crippen molar-refractivity contribution in [2.75, 3.05) is 99.6 Å². The number of unbranched alkanes of at least 4 members (excludes halogenated alkanes) is 3. The lowest BCUT2D eigenvalue weighted by atomic mass is 9.44. The number of ketones is 1. The van der Waals surface area contributed by atoms with Gasteiger partial charge in [-0.2, -0.15) is 0 Å². The number of fused-ring (bicyclic) bond motifs is 2. The van der Waals surface area contributed by atoms with Gasteiger partial charge < -0.3 is 47.8 Å². The summed E-state index contributed by atoms with van der Waals surface area (Å²) in [6, 6.07) is 3.56. The van der Waals surface area contributed by atoms with Gasteiger partial charge in [-0.05, 0) is 53.7 Å². The zero-order valence-electron chi connectivity index (χ0n) is 32.9. The summed E-state index contributed by atoms with van der Waals surface area (Å²) in [6.45, 7) is 13.2. The third-order valence-corrected chi connectivity index (χ3v) is 10.5. The second-order valence-electron chi connectivity index (χ2n) is 15.1. The van der Waals surface area contributed by atoms with E-state index in [9.17, 15) is 24.8 Å². The first-order chi connectivity index (χ1) is 25.9. The maximum atomic E-state index is 13.1. The van der Waals surface area contributed by atoms with E-state index in [2.05, 4.69) is 32.5 Å². The molecule has 3 aliphatic carbocycles. The van der Waals surface area contributed by atoms with Gasteiger partial charge in [0.15, 0.2) is 0 Å². The number of nitrogens with zero attached hydrogens (tertiary/aromatic N) is 1. The Hall–Kier alpha value is -2.92. The number of rotatable bonds is 31. The highest BCUT2D eigenvalue weighted by Gasteiger charge is 2.59. The molecule has 0 radical (unpaired) electrons. The molecular weight excluding hydrogens is 706 g/mol. The number of ether oxygens (including phenoxy) is 8. The number of methoxy groups -OCH3 is 1. The smallest absolute Gasteiger partial charge is 0.337 e. The molecule has 3 fully saturated rings. The fourth-order valence-corrected chi connectivity index (χ4v) is 7.31. The van der Waals surface area contributed by atoms with Crippen molar-refractivity contribution >= 4 is 11.8 Å². The number of aromatic hydroxyl groups is 1.